The Morgan fingerprint density at radius 2 is 1.62 bits per heavy atom. The Kier molecular flexibility index (Phi) is 5.10. The van der Waals surface area contributed by atoms with Gasteiger partial charge in [-0.25, -0.2) is 6.92 Å². The van der Waals surface area contributed by atoms with Gasteiger partial charge in [0.2, 0.25) is 0 Å². The fourth-order valence-electron chi connectivity index (χ4n) is 1.40. The quantitative estimate of drug-likeness (QED) is 0.793. The summed E-state index contributed by atoms with van der Waals surface area (Å²) >= 11 is 0. The summed E-state index contributed by atoms with van der Waals surface area (Å²) < 4.78 is 0. The molecule has 2 aromatic heterocycles. The second-order valence-electron chi connectivity index (χ2n) is 3.43. The normalized spacial score (nSPS) is 9.56. The van der Waals surface area contributed by atoms with Crippen LogP contribution in [0.4, 0.5) is 0 Å². The molecule has 1 radical (unpaired) electrons. The molecule has 0 saturated heterocycles. The van der Waals surface area contributed by atoms with Gasteiger partial charge in [-0.15, -0.1) is 11.8 Å². The van der Waals surface area contributed by atoms with Gasteiger partial charge in [-0.2, -0.15) is 6.07 Å². The Balaban J connectivity index is 0.00000128. The van der Waals surface area contributed by atoms with Gasteiger partial charge in [-0.3, -0.25) is 9.97 Å². The maximum atomic E-state index is 4.35. The van der Waals surface area contributed by atoms with Gasteiger partial charge in [-0.1, -0.05) is 13.0 Å². The molecule has 0 spiro atoms. The first kappa shape index (κ1) is 13.3. The van der Waals surface area contributed by atoms with Crippen LogP contribution in [0.3, 0.4) is 0 Å². The smallest absolute Gasteiger partial charge is 0.0401 e. The van der Waals surface area contributed by atoms with E-state index in [4.69, 9.17) is 0 Å². The van der Waals surface area contributed by atoms with Crippen molar-refractivity contribution in [3.63, 3.8) is 0 Å². The summed E-state index contributed by atoms with van der Waals surface area (Å²) in [6, 6.07) is 8.04. The zero-order valence-corrected chi connectivity index (χ0v) is 12.2. The predicted molar refractivity (Wildman–Crippen MR) is 61.3 cm³/mol. The molecule has 0 N–H and O–H groups in total. The minimum Gasteiger partial charge on any atom is -0.295 e. The van der Waals surface area contributed by atoms with Crippen molar-refractivity contribution in [1.82, 2.24) is 9.97 Å². The van der Waals surface area contributed by atoms with Crippen molar-refractivity contribution in [2.75, 3.05) is 0 Å². The number of aromatic nitrogens is 2. The van der Waals surface area contributed by atoms with Crippen molar-refractivity contribution in [2.24, 2.45) is 0 Å². The Hall–Kier alpha value is -0.726. The van der Waals surface area contributed by atoms with Gasteiger partial charge in [0.1, 0.15) is 0 Å². The van der Waals surface area contributed by atoms with Crippen LogP contribution in [-0.4, -0.2) is 9.97 Å². The van der Waals surface area contributed by atoms with Gasteiger partial charge in [0.05, 0.1) is 0 Å². The van der Waals surface area contributed by atoms with Crippen molar-refractivity contribution in [3.05, 3.63) is 55.0 Å². The SMILES string of the molecule is [CH2-]c1ccc(-c2ccc(CC)nc2)cn1.[Y]. The van der Waals surface area contributed by atoms with Crippen molar-refractivity contribution < 1.29 is 32.7 Å². The number of pyridine rings is 2. The van der Waals surface area contributed by atoms with Crippen molar-refractivity contribution in [3.8, 4) is 11.1 Å². The Morgan fingerprint density at radius 1 is 1.00 bits per heavy atom. The number of aryl methyl sites for hydroxylation is 1. The zero-order valence-electron chi connectivity index (χ0n) is 9.35. The molecule has 0 atom stereocenters. The molecule has 16 heavy (non-hydrogen) atoms. The first-order valence-electron chi connectivity index (χ1n) is 5.03. The standard InChI is InChI=1S/C13H13N2.Y/c1-3-13-7-6-12(9-15-13)11-5-4-10(2)14-8-11;/h4-9H,2-3H2,1H3;/q-1;. The molecule has 2 aromatic rings. The van der Waals surface area contributed by atoms with Gasteiger partial charge in [0, 0.05) is 56.4 Å². The van der Waals surface area contributed by atoms with E-state index in [1.165, 1.54) is 0 Å². The first-order valence-corrected chi connectivity index (χ1v) is 5.03. The Morgan fingerprint density at radius 3 is 2.06 bits per heavy atom. The van der Waals surface area contributed by atoms with E-state index in [0.29, 0.717) is 0 Å². The van der Waals surface area contributed by atoms with Crippen LogP contribution in [0.15, 0.2) is 36.7 Å². The molecule has 2 rings (SSSR count). The Bertz CT molecular complexity index is 434. The molecule has 0 aliphatic rings. The molecule has 79 valence electrons. The first-order chi connectivity index (χ1) is 7.29. The average Bonchev–Trinajstić information content (AvgIpc) is 2.30. The molecule has 0 fully saturated rings. The van der Waals surface area contributed by atoms with Crippen LogP contribution >= 0.6 is 0 Å². The third kappa shape index (κ3) is 3.13. The molecular weight excluding hydrogens is 273 g/mol. The number of rotatable bonds is 2. The summed E-state index contributed by atoms with van der Waals surface area (Å²) in [5.74, 6) is 0. The van der Waals surface area contributed by atoms with E-state index in [2.05, 4.69) is 29.9 Å². The monoisotopic (exact) mass is 286 g/mol. The summed E-state index contributed by atoms with van der Waals surface area (Å²) in [6.45, 7) is 5.85. The van der Waals surface area contributed by atoms with E-state index in [9.17, 15) is 0 Å². The van der Waals surface area contributed by atoms with Crippen LogP contribution in [0.2, 0.25) is 0 Å². The van der Waals surface area contributed by atoms with Crippen LogP contribution in [-0.2, 0) is 39.1 Å². The van der Waals surface area contributed by atoms with Crippen LogP contribution < -0.4 is 0 Å². The molecular formula is C13H13N2Y-. The van der Waals surface area contributed by atoms with Crippen LogP contribution in [0, 0.1) is 6.92 Å². The van der Waals surface area contributed by atoms with Crippen LogP contribution in [0.25, 0.3) is 11.1 Å². The summed E-state index contributed by atoms with van der Waals surface area (Å²) in [4.78, 5) is 8.51. The summed E-state index contributed by atoms with van der Waals surface area (Å²) in [7, 11) is 0. The predicted octanol–water partition coefficient (Wildman–Crippen LogP) is 2.89. The van der Waals surface area contributed by atoms with E-state index < -0.39 is 0 Å². The van der Waals surface area contributed by atoms with E-state index in [1.807, 2.05) is 30.6 Å². The van der Waals surface area contributed by atoms with Crippen molar-refractivity contribution in [1.29, 1.82) is 0 Å². The second-order valence-corrected chi connectivity index (χ2v) is 3.43. The minimum atomic E-state index is 0. The molecule has 0 unspecified atom stereocenters. The van der Waals surface area contributed by atoms with Crippen LogP contribution in [0.1, 0.15) is 18.3 Å². The van der Waals surface area contributed by atoms with Crippen molar-refractivity contribution in [2.45, 2.75) is 13.3 Å². The van der Waals surface area contributed by atoms with Crippen LogP contribution in [0.5, 0.6) is 0 Å². The van der Waals surface area contributed by atoms with Gasteiger partial charge in [0.25, 0.3) is 0 Å². The molecule has 0 bridgehead atoms. The molecule has 3 heteroatoms. The van der Waals surface area contributed by atoms with Gasteiger partial charge in [0.15, 0.2) is 0 Å². The summed E-state index contributed by atoms with van der Waals surface area (Å²) in [5, 5.41) is 0. The average molecular weight is 286 g/mol. The van der Waals surface area contributed by atoms with E-state index in [-0.39, 0.29) is 32.7 Å². The molecule has 0 saturated carbocycles. The molecule has 0 aromatic carbocycles. The molecule has 0 aliphatic carbocycles. The topological polar surface area (TPSA) is 25.8 Å². The fraction of sp³-hybridized carbons (Fsp3) is 0.154. The minimum absolute atomic E-state index is 0. The zero-order chi connectivity index (χ0) is 10.7. The second kappa shape index (κ2) is 6.12. The maximum absolute atomic E-state index is 4.35. The van der Waals surface area contributed by atoms with E-state index in [1.54, 1.807) is 0 Å². The summed E-state index contributed by atoms with van der Waals surface area (Å²) in [6.07, 6.45) is 4.68. The third-order valence-electron chi connectivity index (χ3n) is 2.35. The van der Waals surface area contributed by atoms with E-state index >= 15 is 0 Å². The number of hydrogen-bond donors (Lipinski definition) is 0. The Labute approximate surface area is 121 Å². The molecule has 0 aliphatic heterocycles. The fourth-order valence-corrected chi connectivity index (χ4v) is 1.40. The molecule has 2 nitrogen and oxygen atoms in total. The third-order valence-corrected chi connectivity index (χ3v) is 2.35. The molecule has 2 heterocycles. The van der Waals surface area contributed by atoms with Crippen molar-refractivity contribution >= 4 is 0 Å². The number of hydrogen-bond acceptors (Lipinski definition) is 2. The maximum Gasteiger partial charge on any atom is 0.0401 e. The largest absolute Gasteiger partial charge is 0.295 e. The van der Waals surface area contributed by atoms with Gasteiger partial charge < -0.3 is 0 Å². The number of nitrogens with zero attached hydrogens (tertiary/aromatic N) is 2. The van der Waals surface area contributed by atoms with Gasteiger partial charge >= 0.3 is 0 Å². The molecule has 0 amide bonds. The van der Waals surface area contributed by atoms with E-state index in [0.717, 1.165) is 28.9 Å². The van der Waals surface area contributed by atoms with Gasteiger partial charge in [-0.05, 0) is 18.1 Å². The summed E-state index contributed by atoms with van der Waals surface area (Å²) in [5.41, 5.74) is 4.08.